The number of hydrogen-bond acceptors (Lipinski definition) is 9. The number of unbranched alkanes of at least 4 members (excludes halogenated alkanes) is 6. The second kappa shape index (κ2) is 37.3. The number of carbonyl (C=O) groups is 1. The van der Waals surface area contributed by atoms with Crippen molar-refractivity contribution in [3.8, 4) is 0 Å². The first-order chi connectivity index (χ1) is 14.7. The van der Waals surface area contributed by atoms with Gasteiger partial charge in [0.1, 0.15) is 0 Å². The predicted octanol–water partition coefficient (Wildman–Crippen LogP) is -0.852. The number of halogens is 4. The van der Waals surface area contributed by atoms with E-state index in [2.05, 4.69) is 24.5 Å². The topological polar surface area (TPSA) is 203 Å². The van der Waals surface area contributed by atoms with Gasteiger partial charge in [-0.1, -0.05) is 52.4 Å². The fourth-order valence-corrected chi connectivity index (χ4v) is 1.55. The number of carbonyl (C=O) groups excluding carboxylic acids is 1. The van der Waals surface area contributed by atoms with Crippen LogP contribution in [0.25, 0.3) is 0 Å². The molecular weight excluding hydrogens is 447 g/mol. The fraction of sp³-hybridized carbons (Fsp3) is 0.923. The van der Waals surface area contributed by atoms with Crippen LogP contribution in [-0.4, -0.2) is 88.9 Å². The highest BCUT2D eigenvalue weighted by atomic mass is 19.1. The first-order valence-corrected chi connectivity index (χ1v) is 9.76. The largest absolute Gasteiger partial charge is 0.674 e. The normalized spacial score (nSPS) is 8.44. The van der Waals surface area contributed by atoms with E-state index in [9.17, 15) is 22.1 Å². The van der Waals surface area contributed by atoms with Crippen LogP contribution in [0.4, 0.5) is 22.1 Å². The molecule has 10 N–H and O–H groups in total. The molecule has 0 unspecified atom stereocenters. The Morgan fingerprint density at radius 2 is 0.812 bits per heavy atom. The Kier molecular flexibility index (Phi) is 48.0. The molecule has 0 fully saturated rings. The van der Waals surface area contributed by atoms with Gasteiger partial charge in [-0.2, -0.15) is 0 Å². The monoisotopic (exact) mass is 484 g/mol. The van der Waals surface area contributed by atoms with Crippen molar-refractivity contribution in [3.63, 3.8) is 0 Å². The van der Waals surface area contributed by atoms with Gasteiger partial charge in [0.15, 0.2) is 0 Å². The summed E-state index contributed by atoms with van der Waals surface area (Å²) in [7, 11) is -10.7. The maximum Gasteiger partial charge on any atom is 0.674 e. The van der Waals surface area contributed by atoms with Crippen LogP contribution in [0.1, 0.15) is 65.2 Å². The van der Waals surface area contributed by atoms with Crippen molar-refractivity contribution in [2.24, 2.45) is 0 Å². The van der Waals surface area contributed by atoms with Gasteiger partial charge in [-0.15, -0.1) is 0 Å². The summed E-state index contributed by atoms with van der Waals surface area (Å²) in [5, 5.41) is 61.3. The van der Waals surface area contributed by atoms with Crippen LogP contribution in [0.5, 0.6) is 0 Å². The van der Waals surface area contributed by atoms with Crippen LogP contribution >= 0.6 is 0 Å². The summed E-state index contributed by atoms with van der Waals surface area (Å²) in [6, 6.07) is -0.0120. The number of nitrogens with one attached hydrogen (secondary N) is 2. The molecule has 11 nitrogen and oxygen atoms in total. The molecule has 0 aliphatic carbocycles. The predicted molar refractivity (Wildman–Crippen MR) is 115 cm³/mol. The zero-order chi connectivity index (χ0) is 26.4. The van der Waals surface area contributed by atoms with Gasteiger partial charge < -0.3 is 50.8 Å². The van der Waals surface area contributed by atoms with Gasteiger partial charge in [0.05, 0.1) is 0 Å². The molecule has 0 atom stereocenters. The molecule has 0 aromatic carbocycles. The second-order valence-corrected chi connectivity index (χ2v) is 5.55. The fourth-order valence-electron chi connectivity index (χ4n) is 1.55. The average Bonchev–Trinajstić information content (AvgIpc) is 2.59. The zero-order valence-corrected chi connectivity index (χ0v) is 18.4. The van der Waals surface area contributed by atoms with Gasteiger partial charge in [0, 0.05) is 13.1 Å². The molecule has 0 saturated carbocycles. The number of amides is 2. The van der Waals surface area contributed by atoms with Gasteiger partial charge in [0.25, 0.3) is 0 Å². The first kappa shape index (κ1) is 41.2. The van der Waals surface area contributed by atoms with E-state index < -0.39 is 29.6 Å². The lowest BCUT2D eigenvalue weighted by molar-refractivity contribution is 0.240. The summed E-state index contributed by atoms with van der Waals surface area (Å²) >= 11 is 0. The number of hydrogen-bond donors (Lipinski definition) is 10. The zero-order valence-electron chi connectivity index (χ0n) is 18.4. The van der Waals surface area contributed by atoms with Gasteiger partial charge in [0.2, 0.25) is 0 Å². The van der Waals surface area contributed by atoms with Crippen LogP contribution in [0.3, 0.4) is 0 Å². The summed E-state index contributed by atoms with van der Waals surface area (Å²) in [6.07, 6.45) is 9.78. The minimum atomic E-state index is -2.67. The molecule has 32 heavy (non-hydrogen) atoms. The highest BCUT2D eigenvalue weighted by Gasteiger charge is 1.99. The Balaban J connectivity index is -0.000000123. The van der Waals surface area contributed by atoms with Crippen LogP contribution in [0, 0.1) is 0 Å². The van der Waals surface area contributed by atoms with Gasteiger partial charge in [-0.05, 0) is 12.8 Å². The lowest BCUT2D eigenvalue weighted by atomic mass is 10.1. The molecule has 0 saturated heterocycles. The van der Waals surface area contributed by atoms with Crippen molar-refractivity contribution in [2.75, 3.05) is 13.1 Å². The molecule has 0 spiro atoms. The molecule has 19 heteroatoms. The minimum Gasteiger partial charge on any atom is -0.398 e. The molecule has 0 aliphatic heterocycles. The Bertz CT molecular complexity index is 313. The molecule has 0 aromatic rings. The van der Waals surface area contributed by atoms with Crippen molar-refractivity contribution in [1.29, 1.82) is 0 Å². The molecule has 0 aromatic heterocycles. The second-order valence-electron chi connectivity index (χ2n) is 5.55. The highest BCUT2D eigenvalue weighted by molar-refractivity contribution is 6.32. The van der Waals surface area contributed by atoms with Crippen molar-refractivity contribution >= 4 is 35.6 Å². The van der Waals surface area contributed by atoms with E-state index in [-0.39, 0.29) is 6.03 Å². The molecule has 0 bridgehead atoms. The molecule has 0 rings (SSSR count). The van der Waals surface area contributed by atoms with Crippen molar-refractivity contribution < 1.29 is 62.2 Å². The molecule has 2 amide bonds. The lowest BCUT2D eigenvalue weighted by Crippen LogP contribution is -2.36. The quantitative estimate of drug-likeness (QED) is 0.107. The molecule has 192 valence electrons. The van der Waals surface area contributed by atoms with E-state index in [0.717, 1.165) is 32.4 Å². The maximum absolute atomic E-state index is 11.2. The molecule has 0 aliphatic rings. The molecular formula is C13H36B4F4N2O9. The van der Waals surface area contributed by atoms with Crippen molar-refractivity contribution in [3.05, 3.63) is 0 Å². The smallest absolute Gasteiger partial charge is 0.398 e. The third-order valence-electron chi connectivity index (χ3n) is 2.63. The number of rotatable bonds is 10. The third kappa shape index (κ3) is 135. The Labute approximate surface area is 187 Å². The van der Waals surface area contributed by atoms with Crippen LogP contribution in [0.2, 0.25) is 0 Å². The summed E-state index contributed by atoms with van der Waals surface area (Å²) < 4.78 is 40.4. The van der Waals surface area contributed by atoms with Crippen LogP contribution in [-0.2, 0) is 0 Å². The SMILES string of the molecule is CCCCCCCCNC(=O)NCCCC.OB(O)F.OB(O)F.OB(O)F.OB(O)F. The van der Waals surface area contributed by atoms with Crippen molar-refractivity contribution in [1.82, 2.24) is 10.6 Å². The summed E-state index contributed by atoms with van der Waals surface area (Å²) in [6.45, 7) is 5.95. The van der Waals surface area contributed by atoms with Gasteiger partial charge in [-0.25, -0.2) is 4.79 Å². The number of urea groups is 1. The maximum atomic E-state index is 11.2. The van der Waals surface area contributed by atoms with Gasteiger partial charge in [-0.3, -0.25) is 17.3 Å². The summed E-state index contributed by atoms with van der Waals surface area (Å²) in [5.41, 5.74) is 0. The summed E-state index contributed by atoms with van der Waals surface area (Å²) in [4.78, 5) is 11.2. The van der Waals surface area contributed by atoms with Crippen LogP contribution in [0.15, 0.2) is 0 Å². The lowest BCUT2D eigenvalue weighted by Gasteiger charge is -2.06. The minimum absolute atomic E-state index is 0.0120. The average molecular weight is 484 g/mol. The van der Waals surface area contributed by atoms with Crippen molar-refractivity contribution in [2.45, 2.75) is 65.2 Å². The Hall–Kier alpha value is -1.07. The summed E-state index contributed by atoms with van der Waals surface area (Å²) in [5.74, 6) is 0. The third-order valence-corrected chi connectivity index (χ3v) is 2.63. The van der Waals surface area contributed by atoms with Gasteiger partial charge >= 0.3 is 35.6 Å². The Morgan fingerprint density at radius 1 is 0.562 bits per heavy atom. The van der Waals surface area contributed by atoms with E-state index in [0.29, 0.717) is 0 Å². The van der Waals surface area contributed by atoms with E-state index >= 15 is 0 Å². The Morgan fingerprint density at radius 3 is 1.12 bits per heavy atom. The van der Waals surface area contributed by atoms with Crippen LogP contribution < -0.4 is 10.6 Å². The molecule has 0 heterocycles. The van der Waals surface area contributed by atoms with E-state index in [4.69, 9.17) is 40.2 Å². The van der Waals surface area contributed by atoms with E-state index in [1.807, 2.05) is 0 Å². The highest BCUT2D eigenvalue weighted by Crippen LogP contribution is 2.03. The standard InChI is InChI=1S/C13H28N2O.4BFH2O2/c1-3-5-7-8-9-10-12-15-13(16)14-11-6-4-2;4*2-1(3)4/h3-12H2,1-2H3,(H2,14,15,16);4*3-4H. The van der Waals surface area contributed by atoms with E-state index in [1.54, 1.807) is 0 Å². The van der Waals surface area contributed by atoms with E-state index in [1.165, 1.54) is 32.1 Å². The first-order valence-electron chi connectivity index (χ1n) is 9.76. The molecule has 0 radical (unpaired) electrons.